The third-order valence-corrected chi connectivity index (χ3v) is 5.64. The molecule has 0 bridgehead atoms. The highest BCUT2D eigenvalue weighted by Crippen LogP contribution is 2.32. The summed E-state index contributed by atoms with van der Waals surface area (Å²) >= 11 is 0. The van der Waals surface area contributed by atoms with Gasteiger partial charge < -0.3 is 19.5 Å². The highest BCUT2D eigenvalue weighted by molar-refractivity contribution is 5.64. The number of unbranched alkanes of at least 4 members (excludes halogenated alkanes) is 5. The summed E-state index contributed by atoms with van der Waals surface area (Å²) < 4.78 is 17.1. The fourth-order valence-electron chi connectivity index (χ4n) is 3.67. The van der Waals surface area contributed by atoms with Gasteiger partial charge in [-0.1, -0.05) is 52.4 Å². The fraction of sp³-hybridized carbons (Fsp3) is 0.556. The molecule has 0 saturated heterocycles. The molecular formula is C27H40N3O3+. The predicted octanol–water partition coefficient (Wildman–Crippen LogP) is 7.97. The zero-order chi connectivity index (χ0) is 23.7. The maximum absolute atomic E-state index is 9.33. The molecule has 1 atom stereocenters. The summed E-state index contributed by atoms with van der Waals surface area (Å²) in [5, 5.41) is 13.0. The zero-order valence-electron chi connectivity index (χ0n) is 20.5. The van der Waals surface area contributed by atoms with Gasteiger partial charge in [0.15, 0.2) is 4.98 Å². The van der Waals surface area contributed by atoms with Gasteiger partial charge in [-0.25, -0.2) is 0 Å². The minimum atomic E-state index is 0.282. The van der Waals surface area contributed by atoms with Gasteiger partial charge in [-0.05, 0) is 43.2 Å². The third kappa shape index (κ3) is 10.0. The molecule has 33 heavy (non-hydrogen) atoms. The summed E-state index contributed by atoms with van der Waals surface area (Å²) in [5.74, 6) is 2.28. The fourth-order valence-corrected chi connectivity index (χ4v) is 3.67. The molecule has 0 fully saturated rings. The van der Waals surface area contributed by atoms with Crippen LogP contribution < -0.4 is 19.5 Å². The number of methoxy groups -OCH3 is 1. The Morgan fingerprint density at radius 2 is 1.55 bits per heavy atom. The van der Waals surface area contributed by atoms with Crippen molar-refractivity contribution >= 4 is 11.4 Å². The van der Waals surface area contributed by atoms with E-state index >= 15 is 0 Å². The topological polar surface area (TPSA) is 67.9 Å². The molecule has 0 aliphatic rings. The van der Waals surface area contributed by atoms with Crippen molar-refractivity contribution < 1.29 is 14.2 Å². The first kappa shape index (κ1) is 26.3. The Morgan fingerprint density at radius 1 is 0.818 bits per heavy atom. The number of ether oxygens (including phenoxy) is 3. The van der Waals surface area contributed by atoms with Gasteiger partial charge in [0.25, 0.3) is 0 Å². The van der Waals surface area contributed by atoms with Crippen molar-refractivity contribution in [3.05, 3.63) is 47.4 Å². The molecular weight excluding hydrogens is 414 g/mol. The van der Waals surface area contributed by atoms with Gasteiger partial charge in [-0.15, -0.1) is 0 Å². The molecule has 0 amide bonds. The van der Waals surface area contributed by atoms with E-state index in [1.54, 1.807) is 13.2 Å². The summed E-state index contributed by atoms with van der Waals surface area (Å²) in [6.07, 6.45) is 10.1. The Bertz CT molecular complexity index is 833. The summed E-state index contributed by atoms with van der Waals surface area (Å²) in [5.41, 5.74) is 1.43. The van der Waals surface area contributed by atoms with E-state index < -0.39 is 0 Å². The molecule has 6 nitrogen and oxygen atoms in total. The Kier molecular flexibility index (Phi) is 12.6. The maximum atomic E-state index is 9.33. The lowest BCUT2D eigenvalue weighted by Gasteiger charge is -2.20. The van der Waals surface area contributed by atoms with Crippen molar-refractivity contribution in [2.24, 2.45) is 0 Å². The smallest absolute Gasteiger partial charge is 0.426 e. The van der Waals surface area contributed by atoms with Gasteiger partial charge in [0, 0.05) is 30.3 Å². The van der Waals surface area contributed by atoms with Crippen LogP contribution in [0, 0.1) is 5.39 Å². The first-order chi connectivity index (χ1) is 16.2. The molecule has 2 aromatic carbocycles. The van der Waals surface area contributed by atoms with Crippen molar-refractivity contribution in [3.63, 3.8) is 0 Å². The van der Waals surface area contributed by atoms with Crippen LogP contribution in [0.2, 0.25) is 0 Å². The van der Waals surface area contributed by atoms with E-state index in [9.17, 15) is 5.39 Å². The molecule has 0 radical (unpaired) electrons. The molecule has 180 valence electrons. The summed E-state index contributed by atoms with van der Waals surface area (Å²) in [4.78, 5) is 3.38. The number of rotatable bonds is 17. The van der Waals surface area contributed by atoms with Crippen molar-refractivity contribution in [2.75, 3.05) is 25.6 Å². The number of benzene rings is 2. The number of diazo groups is 1. The van der Waals surface area contributed by atoms with Crippen molar-refractivity contribution in [2.45, 2.75) is 77.7 Å². The first-order valence-corrected chi connectivity index (χ1v) is 12.4. The molecule has 0 saturated carbocycles. The Balaban J connectivity index is 1.95. The van der Waals surface area contributed by atoms with Gasteiger partial charge in [0.1, 0.15) is 11.5 Å². The minimum absolute atomic E-state index is 0.282. The second kappa shape index (κ2) is 15.8. The molecule has 0 spiro atoms. The van der Waals surface area contributed by atoms with Crippen LogP contribution in [0.3, 0.4) is 0 Å². The highest BCUT2D eigenvalue weighted by Gasteiger charge is 2.17. The van der Waals surface area contributed by atoms with E-state index in [1.807, 2.05) is 36.4 Å². The van der Waals surface area contributed by atoms with Crippen molar-refractivity contribution in [1.82, 2.24) is 0 Å². The quantitative estimate of drug-likeness (QED) is 0.194. The molecule has 0 aromatic heterocycles. The standard InChI is InChI=1S/C27H40N3O3/c1-4-6-8-10-19-33-27-21-23(12-17-26(27)30-28)29-22(11-9-7-5-2)18-20-32-25-15-13-24(31-3)14-16-25/h12-17,21-22,29H,4-11,18-20H2,1-3H3/q+1. The summed E-state index contributed by atoms with van der Waals surface area (Å²) in [7, 11) is 1.66. The number of hydrogen-bond donors (Lipinski definition) is 1. The number of anilines is 1. The normalized spacial score (nSPS) is 11.5. The van der Waals surface area contributed by atoms with Gasteiger partial charge in [-0.3, -0.25) is 0 Å². The summed E-state index contributed by atoms with van der Waals surface area (Å²) in [6.45, 7) is 5.66. The van der Waals surface area contributed by atoms with E-state index in [2.05, 4.69) is 24.1 Å². The second-order valence-corrected chi connectivity index (χ2v) is 8.34. The van der Waals surface area contributed by atoms with E-state index in [4.69, 9.17) is 14.2 Å². The van der Waals surface area contributed by atoms with Crippen LogP contribution in [0.1, 0.15) is 71.6 Å². The Morgan fingerprint density at radius 3 is 2.24 bits per heavy atom. The zero-order valence-corrected chi connectivity index (χ0v) is 20.5. The largest absolute Gasteiger partial charge is 0.497 e. The highest BCUT2D eigenvalue weighted by atomic mass is 16.5. The van der Waals surface area contributed by atoms with Gasteiger partial charge in [-0.2, -0.15) is 0 Å². The monoisotopic (exact) mass is 454 g/mol. The SMILES string of the molecule is CCCCCCOc1cc(NC(CCCCC)CCOc2ccc(OC)cc2)ccc1[N+]#N. The van der Waals surface area contributed by atoms with E-state index in [0.717, 1.165) is 42.9 Å². The van der Waals surface area contributed by atoms with Crippen LogP contribution in [-0.2, 0) is 0 Å². The second-order valence-electron chi connectivity index (χ2n) is 8.34. The van der Waals surface area contributed by atoms with Crippen LogP contribution >= 0.6 is 0 Å². The molecule has 1 unspecified atom stereocenters. The Hall–Kier alpha value is -2.94. The maximum Gasteiger partial charge on any atom is 0.426 e. The number of hydrogen-bond acceptors (Lipinski definition) is 5. The Labute approximate surface area is 199 Å². The van der Waals surface area contributed by atoms with Crippen LogP contribution in [0.15, 0.2) is 42.5 Å². The van der Waals surface area contributed by atoms with Crippen LogP contribution in [0.25, 0.3) is 4.98 Å². The lowest BCUT2D eigenvalue weighted by atomic mass is 10.1. The summed E-state index contributed by atoms with van der Waals surface area (Å²) in [6, 6.07) is 13.6. The average Bonchev–Trinajstić information content (AvgIpc) is 2.84. The third-order valence-electron chi connectivity index (χ3n) is 5.64. The van der Waals surface area contributed by atoms with E-state index in [1.165, 1.54) is 32.1 Å². The molecule has 0 aliphatic carbocycles. The van der Waals surface area contributed by atoms with Crippen LogP contribution in [-0.4, -0.2) is 26.4 Å². The van der Waals surface area contributed by atoms with E-state index in [-0.39, 0.29) is 6.04 Å². The van der Waals surface area contributed by atoms with Crippen molar-refractivity contribution in [1.29, 1.82) is 5.39 Å². The molecule has 0 aliphatic heterocycles. The number of nitrogens with zero attached hydrogens (tertiary/aromatic N) is 2. The first-order valence-electron chi connectivity index (χ1n) is 12.4. The van der Waals surface area contributed by atoms with Crippen molar-refractivity contribution in [3.8, 4) is 17.2 Å². The molecule has 2 aromatic rings. The van der Waals surface area contributed by atoms with Crippen LogP contribution in [0.4, 0.5) is 11.4 Å². The average molecular weight is 455 g/mol. The van der Waals surface area contributed by atoms with Gasteiger partial charge >= 0.3 is 5.69 Å². The minimum Gasteiger partial charge on any atom is -0.497 e. The van der Waals surface area contributed by atoms with Gasteiger partial charge in [0.2, 0.25) is 11.1 Å². The lowest BCUT2D eigenvalue weighted by molar-refractivity contribution is 0.296. The molecule has 6 heteroatoms. The molecule has 1 N–H and O–H groups in total. The van der Waals surface area contributed by atoms with Crippen LogP contribution in [0.5, 0.6) is 17.2 Å². The molecule has 2 rings (SSSR count). The van der Waals surface area contributed by atoms with E-state index in [0.29, 0.717) is 24.7 Å². The lowest BCUT2D eigenvalue weighted by Crippen LogP contribution is -2.22. The van der Waals surface area contributed by atoms with Gasteiger partial charge in [0.05, 0.1) is 20.3 Å². The molecule has 0 heterocycles. The number of nitrogens with one attached hydrogen (secondary N) is 1. The predicted molar refractivity (Wildman–Crippen MR) is 135 cm³/mol.